The molecular weight excluding hydrogens is 335 g/mol. The Kier molecular flexibility index (Phi) is 5.66. The molecule has 2 unspecified atom stereocenters. The van der Waals surface area contributed by atoms with Crippen LogP contribution in [0.2, 0.25) is 0 Å². The molecule has 1 aliphatic heterocycles. The summed E-state index contributed by atoms with van der Waals surface area (Å²) in [5.74, 6) is 0.615. The maximum absolute atomic E-state index is 13.4. The third-order valence-electron chi connectivity index (χ3n) is 4.91. The van der Waals surface area contributed by atoms with E-state index in [0.717, 1.165) is 25.8 Å². The van der Waals surface area contributed by atoms with Crippen LogP contribution in [0.1, 0.15) is 44.1 Å². The average molecular weight is 360 g/mol. The van der Waals surface area contributed by atoms with Gasteiger partial charge in [0.2, 0.25) is 17.6 Å². The van der Waals surface area contributed by atoms with Crippen LogP contribution >= 0.6 is 0 Å². The van der Waals surface area contributed by atoms with Gasteiger partial charge in [0.15, 0.2) is 0 Å². The van der Waals surface area contributed by atoms with Crippen molar-refractivity contribution in [2.45, 2.75) is 58.0 Å². The van der Waals surface area contributed by atoms with Gasteiger partial charge < -0.3 is 15.2 Å². The highest BCUT2D eigenvalue weighted by molar-refractivity contribution is 5.77. The number of halogens is 1. The number of aryl methyl sites for hydroxylation is 2. The summed E-state index contributed by atoms with van der Waals surface area (Å²) in [6.07, 6.45) is 3.78. The zero-order valence-corrected chi connectivity index (χ0v) is 15.2. The third-order valence-corrected chi connectivity index (χ3v) is 4.91. The number of rotatable bonds is 5. The van der Waals surface area contributed by atoms with Gasteiger partial charge in [0, 0.05) is 37.0 Å². The van der Waals surface area contributed by atoms with Crippen LogP contribution in [0.5, 0.6) is 0 Å². The molecule has 1 saturated heterocycles. The summed E-state index contributed by atoms with van der Waals surface area (Å²) >= 11 is 0. The molecule has 1 amide bonds. The van der Waals surface area contributed by atoms with E-state index in [-0.39, 0.29) is 23.8 Å². The number of amides is 1. The highest BCUT2D eigenvalue weighted by Crippen LogP contribution is 2.22. The van der Waals surface area contributed by atoms with E-state index >= 15 is 0 Å². The van der Waals surface area contributed by atoms with Crippen LogP contribution in [-0.2, 0) is 11.2 Å². The summed E-state index contributed by atoms with van der Waals surface area (Å²) in [5, 5.41) is 3.94. The lowest BCUT2D eigenvalue weighted by molar-refractivity contribution is -0.135. The molecule has 2 atom stereocenters. The Hall–Kier alpha value is -2.28. The summed E-state index contributed by atoms with van der Waals surface area (Å²) in [5.41, 5.74) is 7.25. The van der Waals surface area contributed by atoms with Gasteiger partial charge in [0.25, 0.3) is 0 Å². The normalized spacial score (nSPS) is 18.8. The Bertz CT molecular complexity index is 775. The second kappa shape index (κ2) is 7.95. The van der Waals surface area contributed by atoms with Gasteiger partial charge in [-0.25, -0.2) is 4.39 Å². The van der Waals surface area contributed by atoms with Gasteiger partial charge in [-0.3, -0.25) is 4.79 Å². The maximum atomic E-state index is 13.4. The fraction of sp³-hybridized carbons (Fsp3) is 0.526. The first-order chi connectivity index (χ1) is 12.5. The number of nitrogens with zero attached hydrogens (tertiary/aromatic N) is 3. The summed E-state index contributed by atoms with van der Waals surface area (Å²) < 4.78 is 18.6. The molecule has 6 nitrogen and oxygen atoms in total. The molecule has 1 aromatic heterocycles. The van der Waals surface area contributed by atoms with E-state index in [9.17, 15) is 9.18 Å². The van der Waals surface area contributed by atoms with Gasteiger partial charge in [-0.2, -0.15) is 4.98 Å². The molecule has 2 N–H and O–H groups in total. The summed E-state index contributed by atoms with van der Waals surface area (Å²) in [4.78, 5) is 18.8. The van der Waals surface area contributed by atoms with Gasteiger partial charge in [0.05, 0.1) is 0 Å². The molecular formula is C19H25FN4O2. The lowest BCUT2D eigenvalue weighted by atomic mass is 9.96. The van der Waals surface area contributed by atoms with Gasteiger partial charge in [-0.15, -0.1) is 0 Å². The fourth-order valence-corrected chi connectivity index (χ4v) is 3.43. The Morgan fingerprint density at radius 2 is 2.27 bits per heavy atom. The molecule has 0 aliphatic carbocycles. The van der Waals surface area contributed by atoms with Gasteiger partial charge >= 0.3 is 0 Å². The summed E-state index contributed by atoms with van der Waals surface area (Å²) in [7, 11) is 0. The Morgan fingerprint density at radius 3 is 3.00 bits per heavy atom. The van der Waals surface area contributed by atoms with Crippen molar-refractivity contribution in [2.75, 3.05) is 6.54 Å². The van der Waals surface area contributed by atoms with Crippen LogP contribution in [0.15, 0.2) is 22.7 Å². The minimum Gasteiger partial charge on any atom is -0.339 e. The molecule has 1 fully saturated rings. The Morgan fingerprint density at radius 1 is 1.46 bits per heavy atom. The molecule has 3 rings (SSSR count). The highest BCUT2D eigenvalue weighted by Gasteiger charge is 2.29. The topological polar surface area (TPSA) is 85.2 Å². The van der Waals surface area contributed by atoms with Crippen molar-refractivity contribution < 1.29 is 13.7 Å². The van der Waals surface area contributed by atoms with Crippen LogP contribution in [-0.4, -0.2) is 39.6 Å². The van der Waals surface area contributed by atoms with E-state index in [4.69, 9.17) is 10.3 Å². The maximum Gasteiger partial charge on any atom is 0.227 e. The molecule has 0 bridgehead atoms. The average Bonchev–Trinajstić information content (AvgIpc) is 3.11. The number of carbonyl (C=O) groups excluding carboxylic acids is 1. The lowest BCUT2D eigenvalue weighted by Crippen LogP contribution is -2.51. The minimum absolute atomic E-state index is 0.0315. The number of benzene rings is 1. The van der Waals surface area contributed by atoms with Crippen molar-refractivity contribution >= 4 is 5.91 Å². The number of nitrogens with two attached hydrogens (primary N) is 1. The zero-order chi connectivity index (χ0) is 18.7. The second-order valence-corrected chi connectivity index (χ2v) is 6.99. The van der Waals surface area contributed by atoms with Crippen molar-refractivity contribution in [3.8, 4) is 11.4 Å². The summed E-state index contributed by atoms with van der Waals surface area (Å²) in [6.45, 7) is 4.40. The number of hydrogen-bond acceptors (Lipinski definition) is 5. The summed E-state index contributed by atoms with van der Waals surface area (Å²) in [6, 6.07) is 4.75. The van der Waals surface area contributed by atoms with Gasteiger partial charge in [-0.1, -0.05) is 5.16 Å². The van der Waals surface area contributed by atoms with Crippen LogP contribution in [0.4, 0.5) is 4.39 Å². The van der Waals surface area contributed by atoms with Crippen molar-refractivity contribution in [2.24, 2.45) is 5.73 Å². The minimum atomic E-state index is -0.270. The predicted octanol–water partition coefficient (Wildman–Crippen LogP) is 2.85. The molecule has 26 heavy (non-hydrogen) atoms. The highest BCUT2D eigenvalue weighted by atomic mass is 19.1. The molecule has 0 saturated carbocycles. The fourth-order valence-electron chi connectivity index (χ4n) is 3.43. The molecule has 7 heteroatoms. The first-order valence-electron chi connectivity index (χ1n) is 9.10. The smallest absolute Gasteiger partial charge is 0.227 e. The first kappa shape index (κ1) is 18.5. The number of carbonyl (C=O) groups is 1. The van der Waals surface area contributed by atoms with Crippen LogP contribution in [0.25, 0.3) is 11.4 Å². The van der Waals surface area contributed by atoms with Crippen molar-refractivity contribution in [3.05, 3.63) is 35.5 Å². The quantitative estimate of drug-likeness (QED) is 0.886. The number of likely N-dealkylation sites (tertiary alicyclic amines) is 1. The number of piperidine rings is 1. The van der Waals surface area contributed by atoms with Crippen molar-refractivity contribution in [1.82, 2.24) is 15.0 Å². The van der Waals surface area contributed by atoms with E-state index in [1.807, 2.05) is 11.8 Å². The van der Waals surface area contributed by atoms with E-state index in [0.29, 0.717) is 35.7 Å². The van der Waals surface area contributed by atoms with E-state index in [2.05, 4.69) is 10.1 Å². The standard InChI is InChI=1S/C19H25FN4O2/c1-12-11-14(6-7-15(12)20)19-22-17(26-23-19)8-9-18(25)24-10-4-3-5-16(24)13(2)21/h6-7,11,13,16H,3-5,8-10,21H2,1-2H3. The van der Waals surface area contributed by atoms with E-state index in [1.54, 1.807) is 19.1 Å². The Balaban J connectivity index is 1.62. The van der Waals surface area contributed by atoms with Crippen LogP contribution in [0, 0.1) is 12.7 Å². The molecule has 140 valence electrons. The molecule has 0 spiro atoms. The first-order valence-corrected chi connectivity index (χ1v) is 9.10. The van der Waals surface area contributed by atoms with E-state index < -0.39 is 0 Å². The molecule has 2 aromatic rings. The largest absolute Gasteiger partial charge is 0.339 e. The molecule has 0 radical (unpaired) electrons. The van der Waals surface area contributed by atoms with Crippen LogP contribution in [0.3, 0.4) is 0 Å². The second-order valence-electron chi connectivity index (χ2n) is 6.99. The lowest BCUT2D eigenvalue weighted by Gasteiger charge is -2.38. The van der Waals surface area contributed by atoms with Gasteiger partial charge in [0.1, 0.15) is 5.82 Å². The molecule has 2 heterocycles. The molecule has 1 aliphatic rings. The molecule has 1 aromatic carbocycles. The Labute approximate surface area is 152 Å². The van der Waals surface area contributed by atoms with Crippen LogP contribution < -0.4 is 5.73 Å². The number of aromatic nitrogens is 2. The van der Waals surface area contributed by atoms with Crippen molar-refractivity contribution in [1.29, 1.82) is 0 Å². The van der Waals surface area contributed by atoms with Gasteiger partial charge in [-0.05, 0) is 56.9 Å². The number of hydrogen-bond donors (Lipinski definition) is 1. The zero-order valence-electron chi connectivity index (χ0n) is 15.2. The van der Waals surface area contributed by atoms with Crippen molar-refractivity contribution in [3.63, 3.8) is 0 Å². The van der Waals surface area contributed by atoms with E-state index in [1.165, 1.54) is 6.07 Å². The third kappa shape index (κ3) is 4.09. The SMILES string of the molecule is Cc1cc(-c2noc(CCC(=O)N3CCCCC3C(C)N)n2)ccc1F. The predicted molar refractivity (Wildman–Crippen MR) is 95.8 cm³/mol. The monoisotopic (exact) mass is 360 g/mol.